The number of rotatable bonds is 2. The van der Waals surface area contributed by atoms with Crippen LogP contribution in [0.5, 0.6) is 0 Å². The maximum absolute atomic E-state index is 11.8. The van der Waals surface area contributed by atoms with E-state index < -0.39 is 5.60 Å². The van der Waals surface area contributed by atoms with Crippen molar-refractivity contribution in [3.8, 4) is 11.8 Å². The zero-order chi connectivity index (χ0) is 14.8. The van der Waals surface area contributed by atoms with Crippen molar-refractivity contribution >= 4 is 18.3 Å². The lowest BCUT2D eigenvalue weighted by atomic mass is 10.0. The summed E-state index contributed by atoms with van der Waals surface area (Å²) < 4.78 is 0. The normalized spacial score (nSPS) is 21.3. The fourth-order valence-corrected chi connectivity index (χ4v) is 2.01. The minimum atomic E-state index is -1.57. The molecule has 0 bridgehead atoms. The lowest BCUT2D eigenvalue weighted by Crippen LogP contribution is -2.37. The summed E-state index contributed by atoms with van der Waals surface area (Å²) in [5, 5.41) is 10.2. The quantitative estimate of drug-likeness (QED) is 0.649. The molecule has 0 spiro atoms. The molecule has 1 aliphatic heterocycles. The standard InChI is InChI=1S/C16H16N2O2/c1-12(17-2)14-6-4-5-13(11-14)7-8-16(20)9-10-18(3)15(16)19/h4-6,11,20H,1-2,9-10H2,3H3. The number of aliphatic hydroxyl groups is 1. The Kier molecular flexibility index (Phi) is 3.73. The predicted molar refractivity (Wildman–Crippen MR) is 79.1 cm³/mol. The predicted octanol–water partition coefficient (Wildman–Crippen LogP) is 1.30. The lowest BCUT2D eigenvalue weighted by Gasteiger charge is -2.13. The molecule has 4 heteroatoms. The first-order valence-electron chi connectivity index (χ1n) is 6.23. The summed E-state index contributed by atoms with van der Waals surface area (Å²) in [6.07, 6.45) is 0.329. The van der Waals surface area contributed by atoms with E-state index in [0.29, 0.717) is 24.2 Å². The van der Waals surface area contributed by atoms with Crippen LogP contribution >= 0.6 is 0 Å². The number of likely N-dealkylation sites (tertiary alicyclic amines) is 1. The second-order valence-electron chi connectivity index (χ2n) is 4.77. The average molecular weight is 268 g/mol. The van der Waals surface area contributed by atoms with Crippen LogP contribution in [0.1, 0.15) is 17.5 Å². The minimum absolute atomic E-state index is 0.329. The third kappa shape index (κ3) is 2.63. The van der Waals surface area contributed by atoms with E-state index in [9.17, 15) is 9.90 Å². The Morgan fingerprint density at radius 3 is 2.90 bits per heavy atom. The molecule has 2 rings (SSSR count). The Morgan fingerprint density at radius 2 is 2.30 bits per heavy atom. The Hall–Kier alpha value is -2.38. The van der Waals surface area contributed by atoms with Crippen molar-refractivity contribution in [2.45, 2.75) is 12.0 Å². The zero-order valence-electron chi connectivity index (χ0n) is 11.4. The van der Waals surface area contributed by atoms with E-state index in [0.717, 1.165) is 5.56 Å². The molecule has 1 atom stereocenters. The molecule has 1 aliphatic rings. The van der Waals surface area contributed by atoms with Gasteiger partial charge in [0.1, 0.15) is 0 Å². The van der Waals surface area contributed by atoms with Crippen LogP contribution < -0.4 is 0 Å². The van der Waals surface area contributed by atoms with Crippen molar-refractivity contribution < 1.29 is 9.90 Å². The van der Waals surface area contributed by atoms with E-state index >= 15 is 0 Å². The van der Waals surface area contributed by atoms with Gasteiger partial charge in [-0.15, -0.1) is 0 Å². The molecule has 0 aliphatic carbocycles. The smallest absolute Gasteiger partial charge is 0.267 e. The second-order valence-corrected chi connectivity index (χ2v) is 4.77. The zero-order valence-corrected chi connectivity index (χ0v) is 11.4. The molecule has 20 heavy (non-hydrogen) atoms. The van der Waals surface area contributed by atoms with Crippen molar-refractivity contribution in [1.29, 1.82) is 0 Å². The van der Waals surface area contributed by atoms with Crippen LogP contribution in [0.15, 0.2) is 35.8 Å². The van der Waals surface area contributed by atoms with E-state index in [2.05, 4.69) is 30.1 Å². The SMILES string of the molecule is C=NC(=C)c1cccc(C#CC2(O)CCN(C)C2=O)c1. The third-order valence-corrected chi connectivity index (χ3v) is 3.31. The number of aliphatic imine (C=N–C) groups is 1. The van der Waals surface area contributed by atoms with Gasteiger partial charge in [0.15, 0.2) is 0 Å². The Bertz CT molecular complexity index is 639. The fraction of sp³-hybridized carbons (Fsp3) is 0.250. The summed E-state index contributed by atoms with van der Waals surface area (Å²) in [7, 11) is 1.66. The summed E-state index contributed by atoms with van der Waals surface area (Å²) >= 11 is 0. The number of hydrogen-bond donors (Lipinski definition) is 1. The number of nitrogens with zero attached hydrogens (tertiary/aromatic N) is 2. The van der Waals surface area contributed by atoms with Gasteiger partial charge in [0.25, 0.3) is 5.91 Å². The van der Waals surface area contributed by atoms with Crippen LogP contribution in [0.25, 0.3) is 5.70 Å². The molecular formula is C16H16N2O2. The maximum atomic E-state index is 11.8. The number of hydrogen-bond acceptors (Lipinski definition) is 3. The molecule has 0 radical (unpaired) electrons. The minimum Gasteiger partial charge on any atom is -0.369 e. The number of benzene rings is 1. The molecule has 4 nitrogen and oxygen atoms in total. The van der Waals surface area contributed by atoms with E-state index in [4.69, 9.17) is 0 Å². The van der Waals surface area contributed by atoms with Crippen LogP contribution in [0, 0.1) is 11.8 Å². The van der Waals surface area contributed by atoms with Crippen LogP contribution in [0.2, 0.25) is 0 Å². The van der Waals surface area contributed by atoms with Gasteiger partial charge in [-0.2, -0.15) is 0 Å². The van der Waals surface area contributed by atoms with Gasteiger partial charge in [-0.05, 0) is 18.9 Å². The van der Waals surface area contributed by atoms with Crippen LogP contribution in [-0.4, -0.2) is 41.8 Å². The fourth-order valence-electron chi connectivity index (χ4n) is 2.01. The lowest BCUT2D eigenvalue weighted by molar-refractivity contribution is -0.137. The molecule has 0 aromatic heterocycles. The number of likely N-dealkylation sites (N-methyl/N-ethyl adjacent to an activating group) is 1. The molecule has 0 saturated carbocycles. The van der Waals surface area contributed by atoms with Gasteiger partial charge in [-0.1, -0.05) is 30.6 Å². The van der Waals surface area contributed by atoms with Crippen LogP contribution in [0.4, 0.5) is 0 Å². The second kappa shape index (κ2) is 5.32. The van der Waals surface area contributed by atoms with Crippen LogP contribution in [0.3, 0.4) is 0 Å². The van der Waals surface area contributed by atoms with Gasteiger partial charge in [-0.3, -0.25) is 9.79 Å². The molecule has 1 heterocycles. The molecule has 1 amide bonds. The van der Waals surface area contributed by atoms with Crippen molar-refractivity contribution in [1.82, 2.24) is 4.90 Å². The first-order chi connectivity index (χ1) is 9.46. The molecule has 1 fully saturated rings. The Balaban J connectivity index is 2.28. The van der Waals surface area contributed by atoms with Gasteiger partial charge in [0.05, 0.1) is 5.70 Å². The van der Waals surface area contributed by atoms with Gasteiger partial charge in [0.2, 0.25) is 5.60 Å². The molecular weight excluding hydrogens is 252 g/mol. The van der Waals surface area contributed by atoms with Gasteiger partial charge in [0, 0.05) is 31.1 Å². The summed E-state index contributed by atoms with van der Waals surface area (Å²) in [6.45, 7) is 7.71. The highest BCUT2D eigenvalue weighted by atomic mass is 16.3. The highest BCUT2D eigenvalue weighted by molar-refractivity contribution is 5.90. The van der Waals surface area contributed by atoms with Crippen LogP contribution in [-0.2, 0) is 4.79 Å². The highest BCUT2D eigenvalue weighted by Crippen LogP contribution is 2.21. The monoisotopic (exact) mass is 268 g/mol. The maximum Gasteiger partial charge on any atom is 0.267 e. The number of carbonyl (C=O) groups is 1. The largest absolute Gasteiger partial charge is 0.369 e. The van der Waals surface area contributed by atoms with Crippen molar-refractivity contribution in [2.75, 3.05) is 13.6 Å². The molecule has 1 aromatic carbocycles. The van der Waals surface area contributed by atoms with E-state index in [1.165, 1.54) is 4.90 Å². The number of carbonyl (C=O) groups excluding carboxylic acids is 1. The molecule has 1 unspecified atom stereocenters. The van der Waals surface area contributed by atoms with E-state index in [1.807, 2.05) is 12.1 Å². The third-order valence-electron chi connectivity index (χ3n) is 3.31. The molecule has 102 valence electrons. The molecule has 1 saturated heterocycles. The van der Waals surface area contributed by atoms with Crippen molar-refractivity contribution in [3.63, 3.8) is 0 Å². The highest BCUT2D eigenvalue weighted by Gasteiger charge is 2.42. The summed E-state index contributed by atoms with van der Waals surface area (Å²) in [5.41, 5.74) is 0.499. The Morgan fingerprint density at radius 1 is 1.55 bits per heavy atom. The average Bonchev–Trinajstić information content (AvgIpc) is 2.73. The first kappa shape index (κ1) is 14.0. The van der Waals surface area contributed by atoms with Crippen molar-refractivity contribution in [2.24, 2.45) is 4.99 Å². The van der Waals surface area contributed by atoms with Crippen molar-refractivity contribution in [3.05, 3.63) is 42.0 Å². The summed E-state index contributed by atoms with van der Waals surface area (Å²) in [6, 6.07) is 7.28. The summed E-state index contributed by atoms with van der Waals surface area (Å²) in [4.78, 5) is 17.1. The Labute approximate surface area is 118 Å². The van der Waals surface area contributed by atoms with Gasteiger partial charge in [-0.25, -0.2) is 0 Å². The molecule has 1 aromatic rings. The topological polar surface area (TPSA) is 52.9 Å². The molecule has 1 N–H and O–H groups in total. The van der Waals surface area contributed by atoms with Gasteiger partial charge >= 0.3 is 0 Å². The first-order valence-corrected chi connectivity index (χ1v) is 6.23. The number of amides is 1. The van der Waals surface area contributed by atoms with E-state index in [1.54, 1.807) is 19.2 Å². The van der Waals surface area contributed by atoms with E-state index in [-0.39, 0.29) is 5.91 Å². The summed E-state index contributed by atoms with van der Waals surface area (Å²) in [5.74, 6) is 5.18. The van der Waals surface area contributed by atoms with Gasteiger partial charge < -0.3 is 10.0 Å².